The third-order valence-electron chi connectivity index (χ3n) is 4.83. The van der Waals surface area contributed by atoms with Gasteiger partial charge in [-0.1, -0.05) is 60.2 Å². The zero-order chi connectivity index (χ0) is 22.3. The zero-order valence-electron chi connectivity index (χ0n) is 17.7. The number of hydrogen-bond donors (Lipinski definition) is 3. The summed E-state index contributed by atoms with van der Waals surface area (Å²) in [5, 5.41) is 22.3. The molecule has 0 fully saturated rings. The van der Waals surface area contributed by atoms with Crippen LogP contribution in [0.3, 0.4) is 0 Å². The van der Waals surface area contributed by atoms with Crippen molar-refractivity contribution in [3.63, 3.8) is 0 Å². The van der Waals surface area contributed by atoms with E-state index in [0.29, 0.717) is 26.2 Å². The van der Waals surface area contributed by atoms with Crippen molar-refractivity contribution in [2.24, 2.45) is 0 Å². The monoisotopic (exact) mass is 432 g/mol. The summed E-state index contributed by atoms with van der Waals surface area (Å²) in [6.07, 6.45) is 0. The van der Waals surface area contributed by atoms with E-state index in [1.165, 1.54) is 5.56 Å². The maximum atomic E-state index is 12.0. The minimum atomic E-state index is -0.431. The molecule has 0 aliphatic rings. The average Bonchev–Trinajstić information content (AvgIpc) is 3.41. The van der Waals surface area contributed by atoms with Gasteiger partial charge in [-0.3, -0.25) is 4.79 Å². The van der Waals surface area contributed by atoms with Gasteiger partial charge >= 0.3 is 0 Å². The van der Waals surface area contributed by atoms with Crippen molar-refractivity contribution in [3.8, 4) is 11.3 Å². The van der Waals surface area contributed by atoms with Crippen molar-refractivity contribution < 1.29 is 9.42 Å². The highest BCUT2D eigenvalue weighted by molar-refractivity contribution is 5.95. The molecule has 10 heteroatoms. The Labute approximate surface area is 184 Å². The third-order valence-corrected chi connectivity index (χ3v) is 4.83. The minimum absolute atomic E-state index is 0.0181. The lowest BCUT2D eigenvalue weighted by molar-refractivity contribution is 0.0944. The first-order chi connectivity index (χ1) is 15.6. The van der Waals surface area contributed by atoms with Crippen LogP contribution in [-0.4, -0.2) is 44.3 Å². The van der Waals surface area contributed by atoms with Crippen LogP contribution in [0, 0.1) is 6.92 Å². The summed E-state index contributed by atoms with van der Waals surface area (Å²) in [5.41, 5.74) is 10.5. The van der Waals surface area contributed by atoms with E-state index in [-0.39, 0.29) is 11.5 Å². The fraction of sp³-hybridized carbons (Fsp3) is 0.227. The smallest absolute Gasteiger partial charge is 0.277 e. The maximum Gasteiger partial charge on any atom is 0.277 e. The molecule has 0 aliphatic carbocycles. The van der Waals surface area contributed by atoms with Gasteiger partial charge in [0.25, 0.3) is 5.91 Å². The van der Waals surface area contributed by atoms with Gasteiger partial charge < -0.3 is 16.4 Å². The van der Waals surface area contributed by atoms with Crippen molar-refractivity contribution in [3.05, 3.63) is 77.1 Å². The summed E-state index contributed by atoms with van der Waals surface area (Å²) in [7, 11) is 0. The van der Waals surface area contributed by atoms with E-state index in [2.05, 4.69) is 56.8 Å². The summed E-state index contributed by atoms with van der Waals surface area (Å²) in [4.78, 5) is 13.7. The summed E-state index contributed by atoms with van der Waals surface area (Å²) >= 11 is 0. The molecule has 0 radical (unpaired) electrons. The second kappa shape index (κ2) is 9.84. The van der Waals surface area contributed by atoms with Gasteiger partial charge in [0.15, 0.2) is 0 Å². The Morgan fingerprint density at radius 2 is 1.81 bits per heavy atom. The fourth-order valence-corrected chi connectivity index (χ4v) is 3.16. The molecule has 0 saturated carbocycles. The van der Waals surface area contributed by atoms with Crippen LogP contribution >= 0.6 is 0 Å². The SMILES string of the molecule is Cc1ccc(Cn2nc(CNCCNC(=O)c3nonc3N)c(-c3ccccc3)n2)cc1. The Balaban J connectivity index is 1.39. The van der Waals surface area contributed by atoms with Crippen LogP contribution < -0.4 is 16.4 Å². The predicted molar refractivity (Wildman–Crippen MR) is 118 cm³/mol. The van der Waals surface area contributed by atoms with Gasteiger partial charge in [-0.25, -0.2) is 4.63 Å². The number of aromatic nitrogens is 5. The number of carbonyl (C=O) groups excluding carboxylic acids is 1. The molecule has 1 amide bonds. The molecule has 0 saturated heterocycles. The highest BCUT2D eigenvalue weighted by Gasteiger charge is 2.16. The lowest BCUT2D eigenvalue weighted by Gasteiger charge is -2.05. The van der Waals surface area contributed by atoms with E-state index < -0.39 is 5.91 Å². The molecule has 0 unspecified atom stereocenters. The van der Waals surface area contributed by atoms with Crippen LogP contribution in [0.25, 0.3) is 11.3 Å². The van der Waals surface area contributed by atoms with E-state index in [0.717, 1.165) is 22.5 Å². The Morgan fingerprint density at radius 1 is 1.03 bits per heavy atom. The highest BCUT2D eigenvalue weighted by Crippen LogP contribution is 2.20. The lowest BCUT2D eigenvalue weighted by Crippen LogP contribution is -2.32. The Hall–Kier alpha value is -4.05. The molecule has 4 N–H and O–H groups in total. The summed E-state index contributed by atoms with van der Waals surface area (Å²) in [5.74, 6) is -0.465. The standard InChI is InChI=1S/C22H24N8O2/c1-15-7-9-16(10-8-15)14-30-26-18(19(27-30)17-5-3-2-4-6-17)13-24-11-12-25-22(31)20-21(23)29-32-28-20/h2-10,24H,11-14H2,1H3,(H2,23,29)(H,25,31). The van der Waals surface area contributed by atoms with E-state index in [1.807, 2.05) is 30.3 Å². The van der Waals surface area contributed by atoms with Crippen LogP contribution in [0.15, 0.2) is 59.2 Å². The molecule has 0 aliphatic heterocycles. The first kappa shape index (κ1) is 21.2. The summed E-state index contributed by atoms with van der Waals surface area (Å²) < 4.78 is 4.44. The topological polar surface area (TPSA) is 137 Å². The fourth-order valence-electron chi connectivity index (χ4n) is 3.16. The number of nitrogens with two attached hydrogens (primary N) is 1. The number of rotatable bonds is 9. The highest BCUT2D eigenvalue weighted by atomic mass is 16.6. The number of benzene rings is 2. The molecular weight excluding hydrogens is 408 g/mol. The van der Waals surface area contributed by atoms with Gasteiger partial charge in [-0.15, -0.1) is 0 Å². The van der Waals surface area contributed by atoms with Crippen molar-refractivity contribution in [1.29, 1.82) is 0 Å². The number of nitrogens with one attached hydrogen (secondary N) is 2. The average molecular weight is 432 g/mol. The first-order valence-electron chi connectivity index (χ1n) is 10.2. The van der Waals surface area contributed by atoms with E-state index in [4.69, 9.17) is 15.9 Å². The normalized spacial score (nSPS) is 10.9. The second-order valence-corrected chi connectivity index (χ2v) is 7.31. The molecule has 0 bridgehead atoms. The van der Waals surface area contributed by atoms with Crippen LogP contribution in [0.2, 0.25) is 0 Å². The molecule has 0 atom stereocenters. The Bertz CT molecular complexity index is 1170. The molecule has 32 heavy (non-hydrogen) atoms. The predicted octanol–water partition coefficient (Wildman–Crippen LogP) is 1.79. The van der Waals surface area contributed by atoms with E-state index in [1.54, 1.807) is 4.80 Å². The summed E-state index contributed by atoms with van der Waals surface area (Å²) in [6.45, 7) is 4.05. The third kappa shape index (κ3) is 5.16. The first-order valence-corrected chi connectivity index (χ1v) is 10.2. The molecule has 10 nitrogen and oxygen atoms in total. The van der Waals surface area contributed by atoms with Gasteiger partial charge in [0.2, 0.25) is 11.5 Å². The molecule has 4 aromatic rings. The van der Waals surface area contributed by atoms with Gasteiger partial charge in [0, 0.05) is 25.2 Å². The van der Waals surface area contributed by atoms with Crippen molar-refractivity contribution in [2.45, 2.75) is 20.0 Å². The van der Waals surface area contributed by atoms with Gasteiger partial charge in [0.1, 0.15) is 11.4 Å². The van der Waals surface area contributed by atoms with Crippen molar-refractivity contribution >= 4 is 11.7 Å². The Morgan fingerprint density at radius 3 is 2.53 bits per heavy atom. The maximum absolute atomic E-state index is 12.0. The quantitative estimate of drug-likeness (QED) is 0.341. The Kier molecular flexibility index (Phi) is 6.52. The van der Waals surface area contributed by atoms with E-state index >= 15 is 0 Å². The lowest BCUT2D eigenvalue weighted by atomic mass is 10.1. The molecule has 4 rings (SSSR count). The number of aryl methyl sites for hydroxylation is 1. The van der Waals surface area contributed by atoms with Gasteiger partial charge in [-0.05, 0) is 22.8 Å². The largest absolute Gasteiger partial charge is 0.379 e. The number of amides is 1. The number of anilines is 1. The molecule has 2 heterocycles. The second-order valence-electron chi connectivity index (χ2n) is 7.31. The number of hydrogen-bond acceptors (Lipinski definition) is 8. The molecule has 2 aromatic carbocycles. The molecule has 0 spiro atoms. The van der Waals surface area contributed by atoms with Crippen molar-refractivity contribution in [2.75, 3.05) is 18.8 Å². The van der Waals surface area contributed by atoms with Gasteiger partial charge in [0.05, 0.1) is 6.54 Å². The van der Waals surface area contributed by atoms with Crippen LogP contribution in [0.5, 0.6) is 0 Å². The van der Waals surface area contributed by atoms with Crippen LogP contribution in [-0.2, 0) is 13.1 Å². The number of carbonyl (C=O) groups is 1. The zero-order valence-corrected chi connectivity index (χ0v) is 17.7. The van der Waals surface area contributed by atoms with E-state index in [9.17, 15) is 4.79 Å². The summed E-state index contributed by atoms with van der Waals surface area (Å²) in [6, 6.07) is 18.3. The molecule has 2 aromatic heterocycles. The van der Waals surface area contributed by atoms with Crippen LogP contribution in [0.1, 0.15) is 27.3 Å². The molecule has 164 valence electrons. The van der Waals surface area contributed by atoms with Crippen molar-refractivity contribution in [1.82, 2.24) is 35.9 Å². The minimum Gasteiger partial charge on any atom is -0.379 e. The number of nitrogen functional groups attached to an aromatic ring is 1. The van der Waals surface area contributed by atoms with Gasteiger partial charge in [-0.2, -0.15) is 15.0 Å². The number of nitrogens with zero attached hydrogens (tertiary/aromatic N) is 5. The van der Waals surface area contributed by atoms with Crippen LogP contribution in [0.4, 0.5) is 5.82 Å². The molecular formula is C22H24N8O2.